The van der Waals surface area contributed by atoms with Crippen LogP contribution in [-0.2, 0) is 9.47 Å². The van der Waals surface area contributed by atoms with Gasteiger partial charge in [0.05, 0.1) is 17.2 Å². The molecule has 3 aromatic carbocycles. The van der Waals surface area contributed by atoms with Gasteiger partial charge in [0, 0.05) is 17.7 Å². The number of aromatic hydroxyl groups is 6. The number of carbonyl (C=O) groups excluding carboxylic acids is 1. The van der Waals surface area contributed by atoms with Gasteiger partial charge in [0.2, 0.25) is 5.43 Å². The minimum Gasteiger partial charge on any atom is -0.508 e. The average Bonchev–Trinajstić information content (AvgIpc) is 2.91. The molecule has 13 heteroatoms. The molecule has 1 fully saturated rings. The number of carbonyl (C=O) groups is 1. The normalized spacial score (nSPS) is 22.5. The van der Waals surface area contributed by atoms with Crippen molar-refractivity contribution in [2.45, 2.75) is 37.4 Å². The molecular weight excluding hydrogens is 544 g/mol. The summed E-state index contributed by atoms with van der Waals surface area (Å²) in [6.45, 7) is 1.38. The highest BCUT2D eigenvalue weighted by Crippen LogP contribution is 2.44. The molecule has 13 nitrogen and oxygen atoms in total. The number of hydrogen-bond donors (Lipinski definition) is 8. The molecule has 1 aliphatic rings. The molecule has 5 atom stereocenters. The topological polar surface area (TPSA) is 228 Å². The molecule has 0 unspecified atom stereocenters. The third-order valence-corrected chi connectivity index (χ3v) is 6.78. The lowest BCUT2D eigenvalue weighted by atomic mass is 9.88. The Labute approximate surface area is 229 Å². The maximum Gasteiger partial charge on any atom is 0.338 e. The molecule has 4 aromatic rings. The molecule has 0 saturated carbocycles. The SMILES string of the molecule is C[C@@H]1O[C@@H](c2c(-c3cc(O)c(O)c(O)c3)oc3cc(O)cc(O)c3c2=O)[C@H](OC(=O)c2ccc(O)cc2)[C@H](O)[C@H]1O. The smallest absolute Gasteiger partial charge is 0.338 e. The number of benzene rings is 3. The van der Waals surface area contributed by atoms with Crippen LogP contribution in [0, 0.1) is 0 Å². The largest absolute Gasteiger partial charge is 0.508 e. The highest BCUT2D eigenvalue weighted by Gasteiger charge is 2.48. The number of phenolic OH excluding ortho intramolecular Hbond substituents is 6. The van der Waals surface area contributed by atoms with Crippen molar-refractivity contribution in [3.05, 3.63) is 69.9 Å². The number of esters is 1. The summed E-state index contributed by atoms with van der Waals surface area (Å²) in [7, 11) is 0. The first kappa shape index (κ1) is 27.6. The molecule has 1 aliphatic heterocycles. The quantitative estimate of drug-likeness (QED) is 0.130. The number of hydrogen-bond acceptors (Lipinski definition) is 13. The Morgan fingerprint density at radius 3 is 2.10 bits per heavy atom. The van der Waals surface area contributed by atoms with Crippen LogP contribution >= 0.6 is 0 Å². The van der Waals surface area contributed by atoms with Gasteiger partial charge in [-0.2, -0.15) is 0 Å². The molecule has 1 aromatic heterocycles. The summed E-state index contributed by atoms with van der Waals surface area (Å²) in [4.78, 5) is 26.9. The van der Waals surface area contributed by atoms with E-state index >= 15 is 0 Å². The Kier molecular flexibility index (Phi) is 6.87. The monoisotopic (exact) mass is 568 g/mol. The Balaban J connectivity index is 1.75. The molecule has 0 bridgehead atoms. The fraction of sp³-hybridized carbons (Fsp3) is 0.214. The molecule has 8 N–H and O–H groups in total. The van der Waals surface area contributed by atoms with E-state index in [0.717, 1.165) is 24.3 Å². The van der Waals surface area contributed by atoms with Crippen molar-refractivity contribution in [3.63, 3.8) is 0 Å². The van der Waals surface area contributed by atoms with E-state index < -0.39 is 87.4 Å². The number of fused-ring (bicyclic) bond motifs is 1. The van der Waals surface area contributed by atoms with E-state index in [1.54, 1.807) is 0 Å². The number of ether oxygens (including phenoxy) is 2. The van der Waals surface area contributed by atoms with Crippen LogP contribution in [0.3, 0.4) is 0 Å². The summed E-state index contributed by atoms with van der Waals surface area (Å²) in [6, 6.07) is 8.71. The molecule has 2 heterocycles. The van der Waals surface area contributed by atoms with E-state index in [1.165, 1.54) is 31.2 Å². The van der Waals surface area contributed by atoms with Gasteiger partial charge >= 0.3 is 5.97 Å². The first-order valence-corrected chi connectivity index (χ1v) is 12.2. The maximum atomic E-state index is 14.0. The molecule has 0 amide bonds. The number of aliphatic hydroxyl groups excluding tert-OH is 2. The van der Waals surface area contributed by atoms with Crippen molar-refractivity contribution in [1.29, 1.82) is 0 Å². The van der Waals surface area contributed by atoms with Crippen LogP contribution in [0.2, 0.25) is 0 Å². The summed E-state index contributed by atoms with van der Waals surface area (Å²) in [6.07, 6.45) is -7.92. The first-order valence-electron chi connectivity index (χ1n) is 12.2. The summed E-state index contributed by atoms with van der Waals surface area (Å²) in [5.74, 6) is -5.15. The lowest BCUT2D eigenvalue weighted by molar-refractivity contribution is -0.220. The Hall–Kier alpha value is -4.98. The minimum absolute atomic E-state index is 0.0471. The molecule has 0 radical (unpaired) electrons. The summed E-state index contributed by atoms with van der Waals surface area (Å²) in [5.41, 5.74) is -1.97. The van der Waals surface area contributed by atoms with Crippen LogP contribution in [0.15, 0.2) is 57.7 Å². The van der Waals surface area contributed by atoms with E-state index in [1.807, 2.05) is 0 Å². The zero-order chi connectivity index (χ0) is 29.7. The van der Waals surface area contributed by atoms with E-state index in [4.69, 9.17) is 13.9 Å². The zero-order valence-corrected chi connectivity index (χ0v) is 21.1. The summed E-state index contributed by atoms with van der Waals surface area (Å²) >= 11 is 0. The van der Waals surface area contributed by atoms with Crippen LogP contribution in [-0.4, -0.2) is 71.2 Å². The zero-order valence-electron chi connectivity index (χ0n) is 21.1. The van der Waals surface area contributed by atoms with Crippen LogP contribution in [0.25, 0.3) is 22.3 Å². The average molecular weight is 568 g/mol. The van der Waals surface area contributed by atoms with Crippen molar-refractivity contribution in [1.82, 2.24) is 0 Å². The molecule has 0 spiro atoms. The molecule has 1 saturated heterocycles. The van der Waals surface area contributed by atoms with Gasteiger partial charge in [0.25, 0.3) is 0 Å². The van der Waals surface area contributed by atoms with E-state index in [9.17, 15) is 50.4 Å². The van der Waals surface area contributed by atoms with Crippen molar-refractivity contribution >= 4 is 16.9 Å². The van der Waals surface area contributed by atoms with Gasteiger partial charge in [-0.3, -0.25) is 4.79 Å². The third kappa shape index (κ3) is 4.82. The highest BCUT2D eigenvalue weighted by atomic mass is 16.6. The van der Waals surface area contributed by atoms with Crippen molar-refractivity contribution in [2.24, 2.45) is 0 Å². The second-order valence-electron chi connectivity index (χ2n) is 9.53. The lowest BCUT2D eigenvalue weighted by Gasteiger charge is -2.41. The first-order chi connectivity index (χ1) is 19.4. The molecular formula is C28H24O13. The van der Waals surface area contributed by atoms with Crippen molar-refractivity contribution < 1.29 is 59.5 Å². The standard InChI is InChI=1S/C28H24O13/c1-10-21(34)24(37)27(41-28(38)11-2-4-13(29)5-3-11)26(39-10)20-23(36)19-15(31)8-14(30)9-18(19)40-25(20)12-6-16(32)22(35)17(33)7-12/h2-10,21,24,26-27,29-35,37H,1H3/t10-,21-,24+,26-,27+/m0/s1. The summed E-state index contributed by atoms with van der Waals surface area (Å²) in [5, 5.41) is 81.3. The highest BCUT2D eigenvalue weighted by molar-refractivity contribution is 5.90. The predicted molar refractivity (Wildman–Crippen MR) is 139 cm³/mol. The maximum absolute atomic E-state index is 14.0. The molecule has 41 heavy (non-hydrogen) atoms. The number of phenols is 6. The Morgan fingerprint density at radius 2 is 1.46 bits per heavy atom. The summed E-state index contributed by atoms with van der Waals surface area (Å²) < 4.78 is 17.2. The second kappa shape index (κ2) is 10.2. The fourth-order valence-corrected chi connectivity index (χ4v) is 4.70. The Morgan fingerprint density at radius 1 is 0.829 bits per heavy atom. The second-order valence-corrected chi connectivity index (χ2v) is 9.53. The van der Waals surface area contributed by atoms with Crippen LogP contribution < -0.4 is 5.43 Å². The van der Waals surface area contributed by atoms with Crippen molar-refractivity contribution in [3.8, 4) is 45.8 Å². The van der Waals surface area contributed by atoms with Crippen molar-refractivity contribution in [2.75, 3.05) is 0 Å². The van der Waals surface area contributed by atoms with Crippen LogP contribution in [0.5, 0.6) is 34.5 Å². The van der Waals surface area contributed by atoms with Gasteiger partial charge in [0.1, 0.15) is 52.3 Å². The van der Waals surface area contributed by atoms with Gasteiger partial charge in [0.15, 0.2) is 23.4 Å². The van der Waals surface area contributed by atoms with Gasteiger partial charge in [-0.15, -0.1) is 0 Å². The van der Waals surface area contributed by atoms with Crippen LogP contribution in [0.1, 0.15) is 28.9 Å². The van der Waals surface area contributed by atoms with Gasteiger partial charge in [-0.05, 0) is 43.3 Å². The predicted octanol–water partition coefficient (Wildman–Crippen LogP) is 2.10. The molecule has 0 aliphatic carbocycles. The third-order valence-electron chi connectivity index (χ3n) is 6.78. The van der Waals surface area contributed by atoms with E-state index in [2.05, 4.69) is 0 Å². The van der Waals surface area contributed by atoms with Crippen LogP contribution in [0.4, 0.5) is 0 Å². The molecule has 214 valence electrons. The fourth-order valence-electron chi connectivity index (χ4n) is 4.70. The Bertz CT molecular complexity index is 1690. The number of aliphatic hydroxyl groups is 2. The number of rotatable bonds is 4. The van der Waals surface area contributed by atoms with Gasteiger partial charge < -0.3 is 54.7 Å². The van der Waals surface area contributed by atoms with Gasteiger partial charge in [-0.1, -0.05) is 0 Å². The molecule has 5 rings (SSSR count). The van der Waals surface area contributed by atoms with E-state index in [-0.39, 0.29) is 22.5 Å². The minimum atomic E-state index is -1.80. The lowest BCUT2D eigenvalue weighted by Crippen LogP contribution is -2.55. The van der Waals surface area contributed by atoms with Gasteiger partial charge in [-0.25, -0.2) is 4.79 Å². The van der Waals surface area contributed by atoms with E-state index in [0.29, 0.717) is 0 Å².